The van der Waals surface area contributed by atoms with Crippen LogP contribution in [0.25, 0.3) is 11.1 Å². The molecule has 0 spiro atoms. The first-order valence-electron chi connectivity index (χ1n) is 20.4. The molecule has 0 unspecified atom stereocenters. The molecule has 1 aliphatic heterocycles. The molecule has 0 aromatic heterocycles. The van der Waals surface area contributed by atoms with Gasteiger partial charge in [-0.3, -0.25) is 0 Å². The highest BCUT2D eigenvalue weighted by molar-refractivity contribution is 6.02. The second-order valence-electron chi connectivity index (χ2n) is 16.7. The zero-order valence-electron chi connectivity index (χ0n) is 34.2. The number of aliphatic hydroxyl groups is 2. The van der Waals surface area contributed by atoms with E-state index < -0.39 is 23.8 Å². The summed E-state index contributed by atoms with van der Waals surface area (Å²) in [5.74, 6) is 0.338. The number of amides is 1. The van der Waals surface area contributed by atoms with E-state index in [0.29, 0.717) is 36.5 Å². The van der Waals surface area contributed by atoms with Gasteiger partial charge in [0.05, 0.1) is 24.8 Å². The lowest BCUT2D eigenvalue weighted by Gasteiger charge is -2.59. The second-order valence-corrected chi connectivity index (χ2v) is 16.7. The zero-order valence-corrected chi connectivity index (χ0v) is 34.2. The Morgan fingerprint density at radius 3 is 2.32 bits per heavy atom. The standard InChI is InChI=1S/C47H60N2O8/c1-7-27-55-47-42(49(5)45(52)54-31-46(2,3)4)30-40(48-53-6)38-28-34(17-11-13-25-50)37(18-12-14-26-51)43(44(38)47)39-29-36(23-24-41(39)57-47)56-35-21-19-33(20-22-35)32-15-9-8-10-16-32/h7-10,15-16,19-24,28-29,34,37,42-44,50-51H,1,11-14,17-18,25-27,30-31H2,2-6H3/t34-,37+,42-,43+,44+,47+/m0/s1. The second kappa shape index (κ2) is 18.7. The van der Waals surface area contributed by atoms with Crippen LogP contribution in [0.1, 0.15) is 77.2 Å². The van der Waals surface area contributed by atoms with Crippen LogP contribution in [0.4, 0.5) is 4.79 Å². The first-order valence-corrected chi connectivity index (χ1v) is 20.4. The number of rotatable bonds is 17. The smallest absolute Gasteiger partial charge is 0.410 e. The lowest BCUT2D eigenvalue weighted by molar-refractivity contribution is -0.253. The van der Waals surface area contributed by atoms with Crippen molar-refractivity contribution in [3.05, 3.63) is 103 Å². The maximum absolute atomic E-state index is 13.9. The molecule has 0 bridgehead atoms. The minimum absolute atomic E-state index is 0.0967. The molecule has 3 aromatic rings. The van der Waals surface area contributed by atoms with E-state index >= 15 is 0 Å². The molecule has 57 heavy (non-hydrogen) atoms. The number of hydrogen-bond donors (Lipinski definition) is 2. The van der Waals surface area contributed by atoms with E-state index in [-0.39, 0.29) is 49.6 Å². The van der Waals surface area contributed by atoms with Crippen LogP contribution in [0.5, 0.6) is 17.2 Å². The normalized spacial score (nSPS) is 24.4. The molecule has 0 saturated heterocycles. The van der Waals surface area contributed by atoms with Gasteiger partial charge in [-0.15, -0.1) is 6.58 Å². The first kappa shape index (κ1) is 42.0. The number of carbonyl (C=O) groups excluding carboxylic acids is 1. The molecule has 1 heterocycles. The van der Waals surface area contributed by atoms with E-state index in [0.717, 1.165) is 53.7 Å². The fourth-order valence-corrected chi connectivity index (χ4v) is 8.89. The van der Waals surface area contributed by atoms with Crippen LogP contribution < -0.4 is 9.47 Å². The van der Waals surface area contributed by atoms with Crippen molar-refractivity contribution in [2.75, 3.05) is 40.6 Å². The number of allylic oxidation sites excluding steroid dienone is 1. The van der Waals surface area contributed by atoms with Gasteiger partial charge in [0.15, 0.2) is 0 Å². The van der Waals surface area contributed by atoms with Crippen molar-refractivity contribution in [3.63, 3.8) is 0 Å². The van der Waals surface area contributed by atoms with Gasteiger partial charge in [0, 0.05) is 38.2 Å². The Morgan fingerprint density at radius 2 is 1.65 bits per heavy atom. The molecular formula is C47H60N2O8. The van der Waals surface area contributed by atoms with Gasteiger partial charge in [-0.1, -0.05) is 93.4 Å². The van der Waals surface area contributed by atoms with Crippen molar-refractivity contribution < 1.29 is 38.8 Å². The van der Waals surface area contributed by atoms with Crippen molar-refractivity contribution in [2.24, 2.45) is 28.3 Å². The molecule has 3 aromatic carbocycles. The summed E-state index contributed by atoms with van der Waals surface area (Å²) in [5, 5.41) is 24.3. The van der Waals surface area contributed by atoms with Crippen molar-refractivity contribution in [1.29, 1.82) is 0 Å². The molecular weight excluding hydrogens is 721 g/mol. The molecule has 6 atom stereocenters. The van der Waals surface area contributed by atoms with Gasteiger partial charge in [0.2, 0.25) is 5.79 Å². The summed E-state index contributed by atoms with van der Waals surface area (Å²) >= 11 is 0. The van der Waals surface area contributed by atoms with Gasteiger partial charge in [-0.2, -0.15) is 0 Å². The maximum atomic E-state index is 13.9. The number of hydrogen-bond acceptors (Lipinski definition) is 9. The van der Waals surface area contributed by atoms with Crippen molar-refractivity contribution in [2.45, 2.75) is 83.5 Å². The van der Waals surface area contributed by atoms with Gasteiger partial charge in [0.1, 0.15) is 30.4 Å². The monoisotopic (exact) mass is 780 g/mol. The van der Waals surface area contributed by atoms with E-state index in [9.17, 15) is 15.0 Å². The van der Waals surface area contributed by atoms with Crippen LogP contribution >= 0.6 is 0 Å². The van der Waals surface area contributed by atoms with E-state index in [1.807, 2.05) is 63.2 Å². The SMILES string of the molecule is C=CCO[C@@]12Oc3ccc(Oc4ccc(-c5ccccc5)cc4)cc3[C@H]3[C@H](CCCCO)[C@@H](CCCCO)C=C(C(=NOC)C[C@@H]1N(C)C(=O)OCC(C)(C)C)[C@H]32. The van der Waals surface area contributed by atoms with Gasteiger partial charge in [-0.25, -0.2) is 4.79 Å². The number of ether oxygens (including phenoxy) is 4. The van der Waals surface area contributed by atoms with Gasteiger partial charge >= 0.3 is 6.09 Å². The van der Waals surface area contributed by atoms with Crippen LogP contribution in [-0.2, 0) is 14.3 Å². The summed E-state index contributed by atoms with van der Waals surface area (Å²) in [4.78, 5) is 21.0. The molecule has 1 fully saturated rings. The summed E-state index contributed by atoms with van der Waals surface area (Å²) in [6.45, 7) is 10.7. The molecule has 10 heteroatoms. The lowest BCUT2D eigenvalue weighted by Crippen LogP contribution is -2.69. The molecule has 6 rings (SSSR count). The highest BCUT2D eigenvalue weighted by Gasteiger charge is 2.65. The summed E-state index contributed by atoms with van der Waals surface area (Å²) in [5.41, 5.74) is 4.69. The Balaban J connectivity index is 1.49. The topological polar surface area (TPSA) is 119 Å². The number of likely N-dealkylation sites (N-methyl/N-ethyl adjacent to an activating group) is 1. The molecule has 3 aliphatic rings. The van der Waals surface area contributed by atoms with E-state index in [1.54, 1.807) is 25.1 Å². The summed E-state index contributed by atoms with van der Waals surface area (Å²) in [7, 11) is 3.28. The third-order valence-corrected chi connectivity index (χ3v) is 11.4. The Hall–Kier alpha value is -4.64. The van der Waals surface area contributed by atoms with Gasteiger partial charge in [-0.05, 0) is 90.0 Å². The third kappa shape index (κ3) is 9.40. The Labute approximate surface area is 338 Å². The molecule has 1 amide bonds. The number of unbranched alkanes of at least 4 members (excludes halogenated alkanes) is 2. The number of carbonyl (C=O) groups is 1. The molecule has 1 saturated carbocycles. The van der Waals surface area contributed by atoms with Crippen LogP contribution in [0.2, 0.25) is 0 Å². The maximum Gasteiger partial charge on any atom is 0.410 e. The molecule has 2 aliphatic carbocycles. The molecule has 10 nitrogen and oxygen atoms in total. The Kier molecular flexibility index (Phi) is 13.8. The number of nitrogens with zero attached hydrogens (tertiary/aromatic N) is 2. The third-order valence-electron chi connectivity index (χ3n) is 11.4. The van der Waals surface area contributed by atoms with Crippen LogP contribution in [-0.4, -0.2) is 79.3 Å². The average molecular weight is 781 g/mol. The van der Waals surface area contributed by atoms with Crippen molar-refractivity contribution >= 4 is 11.8 Å². The minimum atomic E-state index is -1.35. The highest BCUT2D eigenvalue weighted by Crippen LogP contribution is 2.62. The lowest BCUT2D eigenvalue weighted by atomic mass is 9.55. The average Bonchev–Trinajstić information content (AvgIpc) is 3.21. The first-order chi connectivity index (χ1) is 27.5. The predicted molar refractivity (Wildman–Crippen MR) is 222 cm³/mol. The Morgan fingerprint density at radius 1 is 0.965 bits per heavy atom. The molecule has 2 N–H and O–H groups in total. The number of oxime groups is 1. The predicted octanol–water partition coefficient (Wildman–Crippen LogP) is 9.52. The van der Waals surface area contributed by atoms with Crippen LogP contribution in [0.15, 0.2) is 102 Å². The number of fused-ring (bicyclic) bond motifs is 2. The largest absolute Gasteiger partial charge is 0.459 e. The number of benzene rings is 3. The zero-order chi connectivity index (χ0) is 40.6. The van der Waals surface area contributed by atoms with E-state index in [1.165, 1.54) is 0 Å². The Bertz CT molecular complexity index is 1870. The van der Waals surface area contributed by atoms with Gasteiger partial charge in [0.25, 0.3) is 0 Å². The molecule has 0 radical (unpaired) electrons. The van der Waals surface area contributed by atoms with E-state index in [2.05, 4.69) is 48.1 Å². The molecule has 306 valence electrons. The fourth-order valence-electron chi connectivity index (χ4n) is 8.89. The van der Waals surface area contributed by atoms with Crippen molar-refractivity contribution in [3.8, 4) is 28.4 Å². The van der Waals surface area contributed by atoms with Crippen LogP contribution in [0.3, 0.4) is 0 Å². The quantitative estimate of drug-likeness (QED) is 0.0790. The summed E-state index contributed by atoms with van der Waals surface area (Å²) < 4.78 is 26.6. The number of aliphatic hydroxyl groups excluding tert-OH is 2. The van der Waals surface area contributed by atoms with Gasteiger partial charge < -0.3 is 38.9 Å². The minimum Gasteiger partial charge on any atom is -0.459 e. The van der Waals surface area contributed by atoms with Crippen molar-refractivity contribution in [1.82, 2.24) is 4.90 Å². The van der Waals surface area contributed by atoms with E-state index in [4.69, 9.17) is 23.8 Å². The highest BCUT2D eigenvalue weighted by atomic mass is 16.7. The summed E-state index contributed by atoms with van der Waals surface area (Å²) in [6, 6.07) is 23.6. The fraction of sp³-hybridized carbons (Fsp3) is 0.489. The summed E-state index contributed by atoms with van der Waals surface area (Å²) in [6.07, 6.45) is 8.61. The van der Waals surface area contributed by atoms with Crippen LogP contribution in [0, 0.1) is 23.2 Å².